The van der Waals surface area contributed by atoms with Crippen molar-refractivity contribution in [3.8, 4) is 6.07 Å². The van der Waals surface area contributed by atoms with Crippen molar-refractivity contribution >= 4 is 11.8 Å². The largest absolute Gasteiger partial charge is 0.368 e. The molecule has 0 amide bonds. The zero-order valence-corrected chi connectivity index (χ0v) is 8.31. The molecule has 74 valence electrons. The van der Waals surface area contributed by atoms with Crippen LogP contribution in [0, 0.1) is 17.2 Å². The van der Waals surface area contributed by atoms with E-state index in [1.54, 1.807) is 12.3 Å². The molecule has 1 rings (SSSR count). The molecule has 0 fully saturated rings. The lowest BCUT2D eigenvalue weighted by Gasteiger charge is -2.18. The predicted molar refractivity (Wildman–Crippen MR) is 54.5 cm³/mol. The third-order valence-corrected chi connectivity index (χ3v) is 1.82. The van der Waals surface area contributed by atoms with E-state index < -0.39 is 0 Å². The molecule has 1 aromatic rings. The van der Waals surface area contributed by atoms with Crippen LogP contribution in [0.1, 0.15) is 6.92 Å². The minimum atomic E-state index is -0.0313. The fourth-order valence-corrected chi connectivity index (χ4v) is 1.12. The van der Waals surface area contributed by atoms with Crippen LogP contribution >= 0.6 is 0 Å². The van der Waals surface area contributed by atoms with Gasteiger partial charge in [0, 0.05) is 19.8 Å². The second kappa shape index (κ2) is 4.42. The number of nitrogens with zero attached hydrogens (tertiary/aromatic N) is 4. The van der Waals surface area contributed by atoms with Gasteiger partial charge >= 0.3 is 0 Å². The monoisotopic (exact) mass is 191 g/mol. The number of nitrogens with two attached hydrogens (primary N) is 1. The number of aromatic nitrogens is 2. The van der Waals surface area contributed by atoms with Crippen LogP contribution in [0.3, 0.4) is 0 Å². The summed E-state index contributed by atoms with van der Waals surface area (Å²) in [5, 5.41) is 8.65. The molecule has 5 heteroatoms. The highest BCUT2D eigenvalue weighted by atomic mass is 15.2. The molecule has 0 aromatic carbocycles. The molecule has 1 atom stereocenters. The second-order valence-electron chi connectivity index (χ2n) is 3.18. The van der Waals surface area contributed by atoms with Crippen LogP contribution in [0.15, 0.2) is 12.3 Å². The van der Waals surface area contributed by atoms with E-state index in [0.29, 0.717) is 6.54 Å². The summed E-state index contributed by atoms with van der Waals surface area (Å²) in [5.41, 5.74) is 5.45. The highest BCUT2D eigenvalue weighted by Gasteiger charge is 2.07. The van der Waals surface area contributed by atoms with Gasteiger partial charge in [-0.1, -0.05) is 0 Å². The second-order valence-corrected chi connectivity index (χ2v) is 3.18. The normalized spacial score (nSPS) is 11.8. The number of hydrogen-bond acceptors (Lipinski definition) is 5. The van der Waals surface area contributed by atoms with Gasteiger partial charge in [0.1, 0.15) is 5.82 Å². The van der Waals surface area contributed by atoms with Crippen molar-refractivity contribution < 1.29 is 0 Å². The molecule has 0 aliphatic rings. The summed E-state index contributed by atoms with van der Waals surface area (Å²) in [6.07, 6.45) is 1.60. The summed E-state index contributed by atoms with van der Waals surface area (Å²) in [7, 11) is 1.87. The maximum absolute atomic E-state index is 8.65. The summed E-state index contributed by atoms with van der Waals surface area (Å²) in [6, 6.07) is 3.93. The lowest BCUT2D eigenvalue weighted by Crippen LogP contribution is -2.24. The van der Waals surface area contributed by atoms with Crippen LogP contribution in [0.2, 0.25) is 0 Å². The Morgan fingerprint density at radius 2 is 2.43 bits per heavy atom. The molecule has 2 N–H and O–H groups in total. The Hall–Kier alpha value is -1.83. The first kappa shape index (κ1) is 10.3. The van der Waals surface area contributed by atoms with Gasteiger partial charge in [-0.2, -0.15) is 10.2 Å². The molecule has 0 bridgehead atoms. The number of rotatable bonds is 3. The molecule has 0 aliphatic carbocycles. The first-order valence-electron chi connectivity index (χ1n) is 4.32. The number of nitriles is 1. The van der Waals surface area contributed by atoms with Crippen LogP contribution in [0.4, 0.5) is 11.8 Å². The standard InChI is InChI=1S/C9H13N5/c1-7(5-10)6-14(2)8-3-4-12-9(11)13-8/h3-4,7H,6H2,1-2H3,(H2,11,12,13). The van der Waals surface area contributed by atoms with E-state index in [2.05, 4.69) is 16.0 Å². The number of nitrogen functional groups attached to an aromatic ring is 1. The molecule has 0 aliphatic heterocycles. The molecule has 1 aromatic heterocycles. The topological polar surface area (TPSA) is 78.8 Å². The Kier molecular flexibility index (Phi) is 3.24. The van der Waals surface area contributed by atoms with Gasteiger partial charge in [-0.25, -0.2) is 4.98 Å². The van der Waals surface area contributed by atoms with Crippen molar-refractivity contribution in [1.82, 2.24) is 9.97 Å². The first-order chi connectivity index (χ1) is 6.63. The van der Waals surface area contributed by atoms with Crippen LogP contribution in [-0.2, 0) is 0 Å². The molecule has 14 heavy (non-hydrogen) atoms. The molecule has 0 saturated carbocycles. The third kappa shape index (κ3) is 2.59. The fourth-order valence-electron chi connectivity index (χ4n) is 1.12. The van der Waals surface area contributed by atoms with Crippen LogP contribution < -0.4 is 10.6 Å². The molecule has 0 spiro atoms. The van der Waals surface area contributed by atoms with Gasteiger partial charge in [-0.05, 0) is 13.0 Å². The fraction of sp³-hybridized carbons (Fsp3) is 0.444. The van der Waals surface area contributed by atoms with E-state index in [1.807, 2.05) is 18.9 Å². The van der Waals surface area contributed by atoms with Gasteiger partial charge < -0.3 is 10.6 Å². The smallest absolute Gasteiger partial charge is 0.221 e. The van der Waals surface area contributed by atoms with Crippen molar-refractivity contribution in [3.05, 3.63) is 12.3 Å². The zero-order valence-electron chi connectivity index (χ0n) is 8.31. The molecule has 0 radical (unpaired) electrons. The van der Waals surface area contributed by atoms with E-state index in [9.17, 15) is 0 Å². The predicted octanol–water partition coefficient (Wildman–Crippen LogP) is 0.655. The number of anilines is 2. The molecule has 1 unspecified atom stereocenters. The van der Waals surface area contributed by atoms with E-state index in [-0.39, 0.29) is 11.9 Å². The Balaban J connectivity index is 2.70. The van der Waals surface area contributed by atoms with Crippen molar-refractivity contribution in [1.29, 1.82) is 5.26 Å². The van der Waals surface area contributed by atoms with Crippen LogP contribution in [0.25, 0.3) is 0 Å². The Bertz CT molecular complexity index is 343. The van der Waals surface area contributed by atoms with Gasteiger partial charge in [-0.3, -0.25) is 0 Å². The van der Waals surface area contributed by atoms with Crippen molar-refractivity contribution in [2.45, 2.75) is 6.92 Å². The molecule has 5 nitrogen and oxygen atoms in total. The quantitative estimate of drug-likeness (QED) is 0.759. The third-order valence-electron chi connectivity index (χ3n) is 1.82. The summed E-state index contributed by atoms with van der Waals surface area (Å²) < 4.78 is 0. The summed E-state index contributed by atoms with van der Waals surface area (Å²) in [6.45, 7) is 2.49. The molecule has 1 heterocycles. The number of hydrogen-bond donors (Lipinski definition) is 1. The van der Waals surface area contributed by atoms with Crippen molar-refractivity contribution in [2.75, 3.05) is 24.2 Å². The van der Waals surface area contributed by atoms with Gasteiger partial charge in [0.05, 0.1) is 12.0 Å². The summed E-state index contributed by atoms with van der Waals surface area (Å²) in [5.74, 6) is 0.953. The van der Waals surface area contributed by atoms with Gasteiger partial charge in [0.15, 0.2) is 0 Å². The maximum Gasteiger partial charge on any atom is 0.221 e. The van der Waals surface area contributed by atoms with Crippen LogP contribution in [0.5, 0.6) is 0 Å². The zero-order chi connectivity index (χ0) is 10.6. The lowest BCUT2D eigenvalue weighted by atomic mass is 10.2. The maximum atomic E-state index is 8.65. The molecular weight excluding hydrogens is 178 g/mol. The van der Waals surface area contributed by atoms with Crippen LogP contribution in [-0.4, -0.2) is 23.6 Å². The van der Waals surface area contributed by atoms with Gasteiger partial charge in [0.25, 0.3) is 0 Å². The highest BCUT2D eigenvalue weighted by molar-refractivity contribution is 5.40. The van der Waals surface area contributed by atoms with E-state index in [0.717, 1.165) is 5.82 Å². The minimum Gasteiger partial charge on any atom is -0.368 e. The van der Waals surface area contributed by atoms with E-state index >= 15 is 0 Å². The summed E-state index contributed by atoms with van der Waals surface area (Å²) >= 11 is 0. The highest BCUT2D eigenvalue weighted by Crippen LogP contribution is 2.10. The van der Waals surface area contributed by atoms with Crippen molar-refractivity contribution in [3.63, 3.8) is 0 Å². The van der Waals surface area contributed by atoms with Crippen molar-refractivity contribution in [2.24, 2.45) is 5.92 Å². The Morgan fingerprint density at radius 1 is 1.71 bits per heavy atom. The first-order valence-corrected chi connectivity index (χ1v) is 4.32. The minimum absolute atomic E-state index is 0.0313. The molecular formula is C9H13N5. The van der Waals surface area contributed by atoms with Gasteiger partial charge in [-0.15, -0.1) is 0 Å². The average molecular weight is 191 g/mol. The summed E-state index contributed by atoms with van der Waals surface area (Å²) in [4.78, 5) is 9.72. The lowest BCUT2D eigenvalue weighted by molar-refractivity contribution is 0.710. The molecule has 0 saturated heterocycles. The Morgan fingerprint density at radius 3 is 3.00 bits per heavy atom. The Labute approximate surface area is 83.2 Å². The SMILES string of the molecule is CC(C#N)CN(C)c1ccnc(N)n1. The van der Waals surface area contributed by atoms with Gasteiger partial charge in [0.2, 0.25) is 5.95 Å². The average Bonchev–Trinajstić information content (AvgIpc) is 2.17. The van der Waals surface area contributed by atoms with E-state index in [1.165, 1.54) is 0 Å². The van der Waals surface area contributed by atoms with E-state index in [4.69, 9.17) is 11.0 Å².